The number of hydrogen-bond donors (Lipinski definition) is 1. The molecule has 0 spiro atoms. The number of nitrogens with one attached hydrogen (secondary N) is 1. The number of ether oxygens (including phenoxy) is 2. The van der Waals surface area contributed by atoms with E-state index >= 15 is 0 Å². The van der Waals surface area contributed by atoms with Crippen molar-refractivity contribution in [2.24, 2.45) is 0 Å². The lowest BCUT2D eigenvalue weighted by Gasteiger charge is -2.19. The first-order valence-corrected chi connectivity index (χ1v) is 4.67. The molecule has 0 aromatic heterocycles. The van der Waals surface area contributed by atoms with Crippen molar-refractivity contribution >= 4 is 6.41 Å². The second kappa shape index (κ2) is 8.01. The lowest BCUT2D eigenvalue weighted by molar-refractivity contribution is -0.114. The summed E-state index contributed by atoms with van der Waals surface area (Å²) >= 11 is 0. The van der Waals surface area contributed by atoms with Gasteiger partial charge in [-0.25, -0.2) is 0 Å². The first kappa shape index (κ1) is 12.4. The Balaban J connectivity index is 3.71. The maximum absolute atomic E-state index is 10.2. The van der Waals surface area contributed by atoms with Gasteiger partial charge in [0.25, 0.3) is 0 Å². The van der Waals surface area contributed by atoms with Crippen LogP contribution in [0.2, 0.25) is 0 Å². The molecule has 0 aliphatic heterocycles. The molecule has 0 fully saturated rings. The van der Waals surface area contributed by atoms with Crippen molar-refractivity contribution in [3.63, 3.8) is 0 Å². The van der Waals surface area contributed by atoms with E-state index in [2.05, 4.69) is 5.32 Å². The van der Waals surface area contributed by atoms with Crippen molar-refractivity contribution in [1.82, 2.24) is 5.32 Å². The quantitative estimate of drug-likeness (QED) is 0.456. The molecule has 0 saturated heterocycles. The van der Waals surface area contributed by atoms with Crippen LogP contribution in [0.3, 0.4) is 0 Å². The number of amides is 1. The van der Waals surface area contributed by atoms with Crippen molar-refractivity contribution in [3.05, 3.63) is 0 Å². The van der Waals surface area contributed by atoms with Crippen LogP contribution in [-0.4, -0.2) is 32.0 Å². The standard InChI is InChI=1S/C9H19NO3/c1-4-12-8(3)6-9(10-7-11)13-5-2/h7-9H,4-6H2,1-3H3,(H,10,11). The summed E-state index contributed by atoms with van der Waals surface area (Å²) in [5.41, 5.74) is 0. The van der Waals surface area contributed by atoms with Crippen LogP contribution in [0.15, 0.2) is 0 Å². The molecule has 0 rings (SSSR count). The Kier molecular flexibility index (Phi) is 7.63. The highest BCUT2D eigenvalue weighted by atomic mass is 16.5. The summed E-state index contributed by atoms with van der Waals surface area (Å²) in [6, 6.07) is 0. The summed E-state index contributed by atoms with van der Waals surface area (Å²) in [7, 11) is 0. The molecule has 4 heteroatoms. The van der Waals surface area contributed by atoms with Crippen LogP contribution < -0.4 is 5.32 Å². The molecule has 0 radical (unpaired) electrons. The fourth-order valence-electron chi connectivity index (χ4n) is 1.12. The Labute approximate surface area is 79.6 Å². The van der Waals surface area contributed by atoms with E-state index < -0.39 is 0 Å². The smallest absolute Gasteiger partial charge is 0.209 e. The average molecular weight is 189 g/mol. The number of carbonyl (C=O) groups excluding carboxylic acids is 1. The Morgan fingerprint density at radius 1 is 1.31 bits per heavy atom. The van der Waals surface area contributed by atoms with E-state index in [-0.39, 0.29) is 12.3 Å². The zero-order valence-corrected chi connectivity index (χ0v) is 8.58. The monoisotopic (exact) mass is 189 g/mol. The highest BCUT2D eigenvalue weighted by molar-refractivity contribution is 5.46. The summed E-state index contributed by atoms with van der Waals surface area (Å²) < 4.78 is 10.6. The Bertz CT molecular complexity index is 130. The molecule has 2 unspecified atom stereocenters. The van der Waals surface area contributed by atoms with Gasteiger partial charge in [0, 0.05) is 19.6 Å². The van der Waals surface area contributed by atoms with E-state index in [4.69, 9.17) is 9.47 Å². The van der Waals surface area contributed by atoms with Gasteiger partial charge in [0.1, 0.15) is 6.23 Å². The van der Waals surface area contributed by atoms with Crippen molar-refractivity contribution in [2.45, 2.75) is 39.5 Å². The molecule has 0 heterocycles. The first-order valence-electron chi connectivity index (χ1n) is 4.67. The molecule has 1 N–H and O–H groups in total. The highest BCUT2D eigenvalue weighted by Gasteiger charge is 2.11. The Hall–Kier alpha value is -0.610. The fraction of sp³-hybridized carbons (Fsp3) is 0.889. The van der Waals surface area contributed by atoms with Gasteiger partial charge in [0.05, 0.1) is 6.10 Å². The fourth-order valence-corrected chi connectivity index (χ4v) is 1.12. The van der Waals surface area contributed by atoms with Gasteiger partial charge in [-0.2, -0.15) is 0 Å². The van der Waals surface area contributed by atoms with Crippen LogP contribution in [-0.2, 0) is 14.3 Å². The van der Waals surface area contributed by atoms with E-state index in [1.807, 2.05) is 20.8 Å². The second-order valence-corrected chi connectivity index (χ2v) is 2.73. The van der Waals surface area contributed by atoms with Crippen LogP contribution in [0, 0.1) is 0 Å². The van der Waals surface area contributed by atoms with E-state index in [1.165, 1.54) is 0 Å². The largest absolute Gasteiger partial charge is 0.379 e. The Morgan fingerprint density at radius 3 is 2.38 bits per heavy atom. The van der Waals surface area contributed by atoms with Crippen molar-refractivity contribution in [1.29, 1.82) is 0 Å². The van der Waals surface area contributed by atoms with Crippen molar-refractivity contribution < 1.29 is 14.3 Å². The van der Waals surface area contributed by atoms with Gasteiger partial charge >= 0.3 is 0 Å². The number of rotatable bonds is 8. The summed E-state index contributed by atoms with van der Waals surface area (Å²) in [6.45, 7) is 7.07. The molecule has 13 heavy (non-hydrogen) atoms. The maximum Gasteiger partial charge on any atom is 0.209 e. The number of hydrogen-bond acceptors (Lipinski definition) is 3. The zero-order chi connectivity index (χ0) is 10.1. The average Bonchev–Trinajstić information content (AvgIpc) is 2.05. The molecular weight excluding hydrogens is 170 g/mol. The molecular formula is C9H19NO3. The molecule has 2 atom stereocenters. The lowest BCUT2D eigenvalue weighted by Crippen LogP contribution is -2.34. The van der Waals surface area contributed by atoms with Gasteiger partial charge < -0.3 is 14.8 Å². The van der Waals surface area contributed by atoms with Gasteiger partial charge in [0.2, 0.25) is 6.41 Å². The molecule has 78 valence electrons. The molecule has 0 saturated carbocycles. The lowest BCUT2D eigenvalue weighted by atomic mass is 10.2. The highest BCUT2D eigenvalue weighted by Crippen LogP contribution is 2.03. The summed E-state index contributed by atoms with van der Waals surface area (Å²) in [5, 5.41) is 2.59. The molecule has 0 aromatic carbocycles. The Morgan fingerprint density at radius 2 is 1.92 bits per heavy atom. The van der Waals surface area contributed by atoms with E-state index in [0.29, 0.717) is 26.0 Å². The van der Waals surface area contributed by atoms with Crippen LogP contribution >= 0.6 is 0 Å². The third kappa shape index (κ3) is 6.54. The molecule has 0 aromatic rings. The van der Waals surface area contributed by atoms with Crippen LogP contribution in [0.25, 0.3) is 0 Å². The van der Waals surface area contributed by atoms with Gasteiger partial charge in [-0.1, -0.05) is 0 Å². The van der Waals surface area contributed by atoms with E-state index in [1.54, 1.807) is 0 Å². The van der Waals surface area contributed by atoms with Gasteiger partial charge in [-0.05, 0) is 20.8 Å². The minimum Gasteiger partial charge on any atom is -0.379 e. The minimum atomic E-state index is -0.232. The normalized spacial score (nSPS) is 15.0. The topological polar surface area (TPSA) is 47.6 Å². The summed E-state index contributed by atoms with van der Waals surface area (Å²) in [5.74, 6) is 0. The van der Waals surface area contributed by atoms with Crippen molar-refractivity contribution in [2.75, 3.05) is 13.2 Å². The SMILES string of the molecule is CCOC(C)CC(NC=O)OCC. The molecule has 0 aliphatic carbocycles. The molecule has 1 amide bonds. The van der Waals surface area contributed by atoms with Crippen LogP contribution in [0.4, 0.5) is 0 Å². The summed E-state index contributed by atoms with van der Waals surface area (Å²) in [6.07, 6.45) is 1.21. The predicted molar refractivity (Wildman–Crippen MR) is 50.3 cm³/mol. The molecule has 4 nitrogen and oxygen atoms in total. The maximum atomic E-state index is 10.2. The van der Waals surface area contributed by atoms with Gasteiger partial charge in [-0.15, -0.1) is 0 Å². The van der Waals surface area contributed by atoms with Gasteiger partial charge in [-0.3, -0.25) is 4.79 Å². The predicted octanol–water partition coefficient (Wildman–Crippen LogP) is 0.910. The summed E-state index contributed by atoms with van der Waals surface area (Å²) in [4.78, 5) is 10.2. The third-order valence-corrected chi connectivity index (χ3v) is 1.62. The van der Waals surface area contributed by atoms with Crippen LogP contribution in [0.1, 0.15) is 27.2 Å². The van der Waals surface area contributed by atoms with Crippen LogP contribution in [0.5, 0.6) is 0 Å². The third-order valence-electron chi connectivity index (χ3n) is 1.62. The van der Waals surface area contributed by atoms with E-state index in [9.17, 15) is 4.79 Å². The van der Waals surface area contributed by atoms with E-state index in [0.717, 1.165) is 0 Å². The number of carbonyl (C=O) groups is 1. The zero-order valence-electron chi connectivity index (χ0n) is 8.58. The first-order chi connectivity index (χ1) is 6.24. The molecule has 0 bridgehead atoms. The molecule has 0 aliphatic rings. The minimum absolute atomic E-state index is 0.106. The van der Waals surface area contributed by atoms with Gasteiger partial charge in [0.15, 0.2) is 0 Å². The second-order valence-electron chi connectivity index (χ2n) is 2.73. The van der Waals surface area contributed by atoms with Crippen molar-refractivity contribution in [3.8, 4) is 0 Å².